The summed E-state index contributed by atoms with van der Waals surface area (Å²) < 4.78 is 0. The predicted octanol–water partition coefficient (Wildman–Crippen LogP) is 12.0. The van der Waals surface area contributed by atoms with Gasteiger partial charge < -0.3 is 15.0 Å². The van der Waals surface area contributed by atoms with E-state index in [9.17, 15) is 19.2 Å². The molecule has 0 fully saturated rings. The summed E-state index contributed by atoms with van der Waals surface area (Å²) in [7, 11) is 1.93. The highest BCUT2D eigenvalue weighted by Crippen LogP contribution is 2.44. The van der Waals surface area contributed by atoms with Crippen LogP contribution in [0.2, 0.25) is 0 Å². The van der Waals surface area contributed by atoms with E-state index in [-0.39, 0.29) is 23.3 Å². The molecule has 0 bridgehead atoms. The maximum atomic E-state index is 13.2. The number of carbonyl (C=O) groups is 4. The molecule has 7 rings (SSSR count). The first-order valence-electron chi connectivity index (χ1n) is 21.1. The summed E-state index contributed by atoms with van der Waals surface area (Å²) in [4.78, 5) is 61.7. The van der Waals surface area contributed by atoms with E-state index in [1.165, 1.54) is 6.92 Å². The van der Waals surface area contributed by atoms with E-state index < -0.39 is 11.9 Å². The largest absolute Gasteiger partial charge is 0.365 e. The molecule has 0 heterocycles. The molecule has 0 radical (unpaired) electrons. The maximum Gasteiger partial charge on any atom is 0.365 e. The van der Waals surface area contributed by atoms with Crippen molar-refractivity contribution in [1.29, 1.82) is 0 Å². The summed E-state index contributed by atoms with van der Waals surface area (Å²) in [6.07, 6.45) is 4.49. The molecule has 1 aliphatic carbocycles. The Morgan fingerprint density at radius 2 is 1.21 bits per heavy atom. The fourth-order valence-corrected chi connectivity index (χ4v) is 8.04. The monoisotopic (exact) mass is 857 g/mol. The van der Waals surface area contributed by atoms with Crippen LogP contribution < -0.4 is 5.32 Å². The van der Waals surface area contributed by atoms with Crippen molar-refractivity contribution in [3.63, 3.8) is 0 Å². The van der Waals surface area contributed by atoms with Crippen molar-refractivity contribution in [1.82, 2.24) is 5.32 Å². The molecule has 1 unspecified atom stereocenters. The Hall–Kier alpha value is -6.75. The van der Waals surface area contributed by atoms with E-state index in [4.69, 9.17) is 9.68 Å². The van der Waals surface area contributed by atoms with Gasteiger partial charge in [-0.3, -0.25) is 9.59 Å². The third-order valence-corrected chi connectivity index (χ3v) is 11.6. The molecule has 0 amide bonds. The Morgan fingerprint density at radius 1 is 0.619 bits per heavy atom. The van der Waals surface area contributed by atoms with Crippen molar-refractivity contribution >= 4 is 46.7 Å². The Kier molecular flexibility index (Phi) is 16.3. The molecule has 10 heteroatoms. The number of fused-ring (bicyclic) bond motifs is 3. The molecule has 6 aromatic rings. The third-order valence-electron chi connectivity index (χ3n) is 10.6. The van der Waals surface area contributed by atoms with Crippen molar-refractivity contribution in [2.75, 3.05) is 7.05 Å². The minimum Gasteiger partial charge on any atom is -0.318 e. The van der Waals surface area contributed by atoms with Gasteiger partial charge in [-0.15, -0.1) is 0 Å². The van der Waals surface area contributed by atoms with E-state index in [1.807, 2.05) is 117 Å². The smallest absolute Gasteiger partial charge is 0.318 e. The van der Waals surface area contributed by atoms with Crippen LogP contribution in [-0.4, -0.2) is 42.0 Å². The zero-order valence-corrected chi connectivity index (χ0v) is 37.0. The van der Waals surface area contributed by atoms with Gasteiger partial charge in [0, 0.05) is 33.4 Å². The maximum absolute atomic E-state index is 13.2. The summed E-state index contributed by atoms with van der Waals surface area (Å²) in [6, 6.07) is 45.8. The molecule has 1 N–H and O–H groups in total. The Bertz CT molecular complexity index is 2620. The molecular weight excluding hydrogens is 807 g/mol. The SMILES string of the molecule is CCCCCC/C(=N\OC(=O)c1ccccc1)C(=O)c1ccc(Sc2ccccc2)cc1.CNC1c2ccc(C(=O)c3ccccc3C)cc2-c2cc(/C(C)=N/OC(C)=O)ccc21. The van der Waals surface area contributed by atoms with E-state index in [0.717, 1.165) is 68.9 Å². The van der Waals surface area contributed by atoms with E-state index in [1.54, 1.807) is 55.1 Å². The second-order valence-corrected chi connectivity index (χ2v) is 16.2. The topological polar surface area (TPSA) is 123 Å². The summed E-state index contributed by atoms with van der Waals surface area (Å²) in [5.74, 6) is -1.22. The van der Waals surface area contributed by atoms with Crippen LogP contribution in [0.3, 0.4) is 0 Å². The van der Waals surface area contributed by atoms with Crippen molar-refractivity contribution in [3.05, 3.63) is 190 Å². The van der Waals surface area contributed by atoms with Crippen LogP contribution in [0.1, 0.15) is 118 Å². The summed E-state index contributed by atoms with van der Waals surface area (Å²) in [6.45, 7) is 7.20. The van der Waals surface area contributed by atoms with Crippen LogP contribution in [0.5, 0.6) is 0 Å². The normalized spacial score (nSPS) is 12.9. The average Bonchev–Trinajstić information content (AvgIpc) is 3.63. The van der Waals surface area contributed by atoms with E-state index in [2.05, 4.69) is 28.6 Å². The molecule has 0 spiro atoms. The van der Waals surface area contributed by atoms with Gasteiger partial charge in [0.25, 0.3) is 0 Å². The molecule has 0 saturated heterocycles. The number of carbonyl (C=O) groups excluding carboxylic acids is 4. The molecule has 0 saturated carbocycles. The quantitative estimate of drug-likeness (QED) is 0.0335. The summed E-state index contributed by atoms with van der Waals surface area (Å²) in [5, 5.41) is 11.3. The van der Waals surface area contributed by atoms with Crippen molar-refractivity contribution in [2.45, 2.75) is 75.6 Å². The number of hydrogen-bond acceptors (Lipinski definition) is 10. The highest BCUT2D eigenvalue weighted by atomic mass is 32.2. The predicted molar refractivity (Wildman–Crippen MR) is 251 cm³/mol. The Labute approximate surface area is 373 Å². The fourth-order valence-electron chi connectivity index (χ4n) is 7.20. The Balaban J connectivity index is 0.000000210. The minimum absolute atomic E-state index is 0.0131. The second-order valence-electron chi connectivity index (χ2n) is 15.1. The van der Waals surface area contributed by atoms with Gasteiger partial charge in [-0.2, -0.15) is 0 Å². The molecule has 1 atom stereocenters. The van der Waals surface area contributed by atoms with Gasteiger partial charge >= 0.3 is 11.9 Å². The molecule has 9 nitrogen and oxygen atoms in total. The zero-order valence-electron chi connectivity index (χ0n) is 36.2. The highest BCUT2D eigenvalue weighted by Gasteiger charge is 2.29. The van der Waals surface area contributed by atoms with Crippen LogP contribution in [0, 0.1) is 6.92 Å². The lowest BCUT2D eigenvalue weighted by Gasteiger charge is -2.13. The molecule has 0 aliphatic heterocycles. The lowest BCUT2D eigenvalue weighted by molar-refractivity contribution is -0.140. The third kappa shape index (κ3) is 12.0. The van der Waals surface area contributed by atoms with Gasteiger partial charge in [0.2, 0.25) is 5.78 Å². The van der Waals surface area contributed by atoms with Crippen LogP contribution in [-0.2, 0) is 14.5 Å². The number of nitrogens with one attached hydrogen (secondary N) is 1. The minimum atomic E-state index is -0.570. The number of unbranched alkanes of at least 4 members (excludes halogenated alkanes) is 3. The number of Topliss-reactive ketones (excluding diaryl/α,β-unsaturated/α-hetero) is 1. The first-order valence-corrected chi connectivity index (χ1v) is 21.9. The number of benzene rings is 6. The van der Waals surface area contributed by atoms with Gasteiger partial charge in [0.1, 0.15) is 5.71 Å². The lowest BCUT2D eigenvalue weighted by atomic mass is 9.95. The van der Waals surface area contributed by atoms with E-state index in [0.29, 0.717) is 34.4 Å². The molecular formula is C53H51N3O6S. The van der Waals surface area contributed by atoms with Crippen LogP contribution in [0.25, 0.3) is 11.1 Å². The summed E-state index contributed by atoms with van der Waals surface area (Å²) in [5.41, 5.74) is 9.35. The van der Waals surface area contributed by atoms with Gasteiger partial charge in [-0.25, -0.2) is 9.59 Å². The number of ketones is 2. The van der Waals surface area contributed by atoms with Gasteiger partial charge in [0.05, 0.1) is 17.3 Å². The summed E-state index contributed by atoms with van der Waals surface area (Å²) >= 11 is 1.64. The Morgan fingerprint density at radius 3 is 1.84 bits per heavy atom. The molecule has 1 aliphatic rings. The lowest BCUT2D eigenvalue weighted by Crippen LogP contribution is -2.16. The van der Waals surface area contributed by atoms with Crippen LogP contribution in [0.4, 0.5) is 0 Å². The van der Waals surface area contributed by atoms with Crippen molar-refractivity contribution in [3.8, 4) is 11.1 Å². The van der Waals surface area contributed by atoms with E-state index >= 15 is 0 Å². The number of hydrogen-bond donors (Lipinski definition) is 1. The van der Waals surface area contributed by atoms with Crippen LogP contribution in [0.15, 0.2) is 166 Å². The molecule has 63 heavy (non-hydrogen) atoms. The van der Waals surface area contributed by atoms with Gasteiger partial charge in [-0.1, -0.05) is 133 Å². The molecule has 320 valence electrons. The second kappa shape index (κ2) is 22.4. The fraction of sp³-hybridized carbons (Fsp3) is 0.208. The van der Waals surface area contributed by atoms with Gasteiger partial charge in [-0.05, 0) is 128 Å². The van der Waals surface area contributed by atoms with Crippen molar-refractivity contribution < 1.29 is 28.9 Å². The number of aryl methyl sites for hydroxylation is 1. The van der Waals surface area contributed by atoms with Crippen molar-refractivity contribution in [2.24, 2.45) is 10.3 Å². The first-order chi connectivity index (χ1) is 30.6. The number of oxime groups is 2. The zero-order chi connectivity index (χ0) is 44.7. The first kappa shape index (κ1) is 45.8. The highest BCUT2D eigenvalue weighted by molar-refractivity contribution is 7.99. The molecule has 0 aromatic heterocycles. The van der Waals surface area contributed by atoms with Gasteiger partial charge in [0.15, 0.2) is 5.78 Å². The average molecular weight is 858 g/mol. The number of nitrogens with zero attached hydrogens (tertiary/aromatic N) is 2. The standard InChI is InChI=1S/C27H27NO3S.C26H24N2O3/c1-2-3-4-11-16-25(28-31-27(30)22-12-7-5-8-13-22)26(29)21-17-19-24(20-18-21)32-23-14-9-6-10-15-23;1-15-7-5-6-8-20(15)26(30)19-10-12-22-24(14-19)23-13-18(16(2)28-31-17(3)29)9-11-21(23)25(22)27-4/h5-10,12-15,17-20H,2-4,11,16H2,1H3;5-14,25,27H,1-4H3/b28-25+;28-16+. The molecule has 6 aromatic carbocycles. The van der Waals surface area contributed by atoms with Crippen LogP contribution >= 0.6 is 11.8 Å². The number of rotatable bonds is 16.